The van der Waals surface area contributed by atoms with Crippen LogP contribution in [0.5, 0.6) is 0 Å². The second-order valence-electron chi connectivity index (χ2n) is 6.30. The summed E-state index contributed by atoms with van der Waals surface area (Å²) in [5.74, 6) is 0. The average Bonchev–Trinajstić information content (AvgIpc) is 3.29. The minimum atomic E-state index is 0.619. The summed E-state index contributed by atoms with van der Waals surface area (Å²) < 4.78 is 0. The molecule has 2 fully saturated rings. The van der Waals surface area contributed by atoms with Gasteiger partial charge in [0.1, 0.15) is 0 Å². The molecule has 1 unspecified atom stereocenters. The number of hydrogen-bond donors (Lipinski definition) is 1. The van der Waals surface area contributed by atoms with Crippen molar-refractivity contribution in [2.75, 3.05) is 18.4 Å². The molecule has 1 aliphatic heterocycles. The summed E-state index contributed by atoms with van der Waals surface area (Å²) in [7, 11) is 0. The Morgan fingerprint density at radius 2 is 1.52 bits per heavy atom. The molecule has 1 saturated heterocycles. The van der Waals surface area contributed by atoms with E-state index in [9.17, 15) is 0 Å². The molecular weight excluding hydrogens is 256 g/mol. The molecule has 1 saturated carbocycles. The first kappa shape index (κ1) is 12.9. The Morgan fingerprint density at radius 3 is 2.24 bits per heavy atom. The van der Waals surface area contributed by atoms with Crippen molar-refractivity contribution < 1.29 is 0 Å². The van der Waals surface area contributed by atoms with Gasteiger partial charge in [0.2, 0.25) is 0 Å². The lowest BCUT2D eigenvalue weighted by Crippen LogP contribution is -2.27. The zero-order valence-electron chi connectivity index (χ0n) is 12.3. The number of benzene rings is 2. The van der Waals surface area contributed by atoms with Gasteiger partial charge in [0.05, 0.1) is 0 Å². The number of hydrogen-bond acceptors (Lipinski definition) is 2. The fourth-order valence-corrected chi connectivity index (χ4v) is 3.30. The first-order valence-corrected chi connectivity index (χ1v) is 8.04. The molecular formula is C19H22N2. The smallest absolute Gasteiger partial charge is 0.0400 e. The monoisotopic (exact) mass is 278 g/mol. The van der Waals surface area contributed by atoms with E-state index in [0.29, 0.717) is 6.04 Å². The summed E-state index contributed by atoms with van der Waals surface area (Å²) in [5, 5.41) is 3.69. The van der Waals surface area contributed by atoms with E-state index in [-0.39, 0.29) is 0 Å². The van der Waals surface area contributed by atoms with Crippen molar-refractivity contribution in [3.63, 3.8) is 0 Å². The van der Waals surface area contributed by atoms with Gasteiger partial charge in [-0.2, -0.15) is 0 Å². The molecule has 0 amide bonds. The third kappa shape index (κ3) is 2.96. The van der Waals surface area contributed by atoms with Gasteiger partial charge in [-0.05, 0) is 42.5 Å². The van der Waals surface area contributed by atoms with Gasteiger partial charge in [0, 0.05) is 30.9 Å². The van der Waals surface area contributed by atoms with Gasteiger partial charge in [-0.15, -0.1) is 0 Å². The van der Waals surface area contributed by atoms with Crippen LogP contribution in [0.25, 0.3) is 11.1 Å². The van der Waals surface area contributed by atoms with Crippen molar-refractivity contribution in [2.45, 2.75) is 31.3 Å². The fraction of sp³-hybridized carbons (Fsp3) is 0.368. The Hall–Kier alpha value is -1.80. The molecule has 2 nitrogen and oxygen atoms in total. The van der Waals surface area contributed by atoms with Crippen molar-refractivity contribution in [2.24, 2.45) is 0 Å². The minimum Gasteiger partial charge on any atom is -0.381 e. The summed E-state index contributed by atoms with van der Waals surface area (Å²) in [6.07, 6.45) is 4.11. The van der Waals surface area contributed by atoms with E-state index in [1.165, 1.54) is 49.2 Å². The number of nitrogens with zero attached hydrogens (tertiary/aromatic N) is 1. The molecule has 0 radical (unpaired) electrons. The minimum absolute atomic E-state index is 0.619. The van der Waals surface area contributed by atoms with Gasteiger partial charge < -0.3 is 5.32 Å². The van der Waals surface area contributed by atoms with Crippen LogP contribution in [0, 0.1) is 0 Å². The molecule has 4 rings (SSSR count). The van der Waals surface area contributed by atoms with E-state index in [0.717, 1.165) is 6.04 Å². The molecule has 0 bridgehead atoms. The van der Waals surface area contributed by atoms with Gasteiger partial charge in [-0.3, -0.25) is 4.90 Å². The van der Waals surface area contributed by atoms with E-state index in [1.807, 2.05) is 0 Å². The summed E-state index contributed by atoms with van der Waals surface area (Å²) >= 11 is 0. The maximum Gasteiger partial charge on any atom is 0.0400 e. The van der Waals surface area contributed by atoms with Gasteiger partial charge in [-0.25, -0.2) is 0 Å². The topological polar surface area (TPSA) is 15.3 Å². The van der Waals surface area contributed by atoms with Crippen molar-refractivity contribution in [1.29, 1.82) is 0 Å². The predicted molar refractivity (Wildman–Crippen MR) is 88.5 cm³/mol. The van der Waals surface area contributed by atoms with Crippen molar-refractivity contribution in [3.05, 3.63) is 54.6 Å². The Morgan fingerprint density at radius 1 is 0.810 bits per heavy atom. The summed E-state index contributed by atoms with van der Waals surface area (Å²) in [6, 6.07) is 20.9. The van der Waals surface area contributed by atoms with Gasteiger partial charge in [0.25, 0.3) is 0 Å². The number of nitrogens with one attached hydrogen (secondary N) is 1. The third-order valence-electron chi connectivity index (χ3n) is 4.65. The second-order valence-corrected chi connectivity index (χ2v) is 6.30. The van der Waals surface area contributed by atoms with Gasteiger partial charge >= 0.3 is 0 Å². The third-order valence-corrected chi connectivity index (χ3v) is 4.65. The zero-order valence-corrected chi connectivity index (χ0v) is 12.3. The normalized spacial score (nSPS) is 22.4. The average molecular weight is 278 g/mol. The quantitative estimate of drug-likeness (QED) is 0.909. The highest BCUT2D eigenvalue weighted by molar-refractivity contribution is 5.65. The van der Waals surface area contributed by atoms with Gasteiger partial charge in [0.15, 0.2) is 0 Å². The molecule has 2 aromatic rings. The van der Waals surface area contributed by atoms with Crippen LogP contribution in [0.3, 0.4) is 0 Å². The van der Waals surface area contributed by atoms with Crippen molar-refractivity contribution >= 4 is 5.69 Å². The lowest BCUT2D eigenvalue weighted by molar-refractivity contribution is 0.326. The SMILES string of the molecule is c1ccc(-c2ccc(NC3CCN(C4CC4)C3)cc2)cc1. The Balaban J connectivity index is 1.40. The molecule has 0 spiro atoms. The molecule has 2 aromatic carbocycles. The van der Waals surface area contributed by atoms with Crippen LogP contribution >= 0.6 is 0 Å². The van der Waals surface area contributed by atoms with Crippen molar-refractivity contribution in [3.8, 4) is 11.1 Å². The molecule has 1 heterocycles. The Labute approximate surface area is 126 Å². The zero-order chi connectivity index (χ0) is 14.1. The molecule has 1 aliphatic carbocycles. The largest absolute Gasteiger partial charge is 0.381 e. The molecule has 1 atom stereocenters. The summed E-state index contributed by atoms with van der Waals surface area (Å²) in [4.78, 5) is 2.65. The molecule has 2 aliphatic rings. The molecule has 21 heavy (non-hydrogen) atoms. The molecule has 108 valence electrons. The fourth-order valence-electron chi connectivity index (χ4n) is 3.30. The number of likely N-dealkylation sites (tertiary alicyclic amines) is 1. The predicted octanol–water partition coefficient (Wildman–Crippen LogP) is 4.00. The van der Waals surface area contributed by atoms with Crippen LogP contribution in [0.4, 0.5) is 5.69 Å². The second kappa shape index (κ2) is 5.53. The van der Waals surface area contributed by atoms with E-state index in [2.05, 4.69) is 64.8 Å². The molecule has 0 aromatic heterocycles. The first-order chi connectivity index (χ1) is 10.4. The molecule has 2 heteroatoms. The van der Waals surface area contributed by atoms with Crippen LogP contribution in [0.2, 0.25) is 0 Å². The van der Waals surface area contributed by atoms with Gasteiger partial charge in [-0.1, -0.05) is 42.5 Å². The maximum absolute atomic E-state index is 3.69. The van der Waals surface area contributed by atoms with Crippen LogP contribution in [-0.4, -0.2) is 30.1 Å². The summed E-state index contributed by atoms with van der Waals surface area (Å²) in [6.45, 7) is 2.48. The maximum atomic E-state index is 3.69. The van der Waals surface area contributed by atoms with E-state index < -0.39 is 0 Å². The number of rotatable bonds is 4. The highest BCUT2D eigenvalue weighted by Gasteiger charge is 2.34. The highest BCUT2D eigenvalue weighted by atomic mass is 15.2. The lowest BCUT2D eigenvalue weighted by atomic mass is 10.1. The van der Waals surface area contributed by atoms with E-state index in [1.54, 1.807) is 0 Å². The Bertz CT molecular complexity index is 587. The molecule has 1 N–H and O–H groups in total. The Kier molecular flexibility index (Phi) is 3.40. The highest BCUT2D eigenvalue weighted by Crippen LogP contribution is 2.30. The summed E-state index contributed by atoms with van der Waals surface area (Å²) in [5.41, 5.74) is 3.81. The van der Waals surface area contributed by atoms with Crippen LogP contribution < -0.4 is 5.32 Å². The van der Waals surface area contributed by atoms with E-state index >= 15 is 0 Å². The van der Waals surface area contributed by atoms with Crippen LogP contribution in [-0.2, 0) is 0 Å². The standard InChI is InChI=1S/C19H22N2/c1-2-4-15(5-3-1)16-6-8-17(9-7-16)20-18-12-13-21(14-18)19-10-11-19/h1-9,18-20H,10-14H2. The number of anilines is 1. The van der Waals surface area contributed by atoms with Crippen LogP contribution in [0.1, 0.15) is 19.3 Å². The lowest BCUT2D eigenvalue weighted by Gasteiger charge is -2.17. The van der Waals surface area contributed by atoms with E-state index in [4.69, 9.17) is 0 Å². The first-order valence-electron chi connectivity index (χ1n) is 8.04. The van der Waals surface area contributed by atoms with Crippen molar-refractivity contribution in [1.82, 2.24) is 4.90 Å². The van der Waals surface area contributed by atoms with Crippen LogP contribution in [0.15, 0.2) is 54.6 Å².